The summed E-state index contributed by atoms with van der Waals surface area (Å²) in [7, 11) is 3.25. The molecule has 2 aromatic carbocycles. The van der Waals surface area contributed by atoms with Gasteiger partial charge in [-0.15, -0.1) is 0 Å². The van der Waals surface area contributed by atoms with E-state index in [0.717, 1.165) is 32.1 Å². The topological polar surface area (TPSA) is 49.0 Å². The fourth-order valence-electron chi connectivity index (χ4n) is 3.04. The highest BCUT2D eigenvalue weighted by Crippen LogP contribution is 2.30. The molecule has 0 saturated carbocycles. The van der Waals surface area contributed by atoms with Crippen molar-refractivity contribution in [3.8, 4) is 23.0 Å². The highest BCUT2D eigenvalue weighted by atomic mass is 16.5. The summed E-state index contributed by atoms with van der Waals surface area (Å²) < 4.78 is 22.0. The Kier molecular flexibility index (Phi) is 6.75. The van der Waals surface area contributed by atoms with Crippen LogP contribution in [0.1, 0.15) is 18.4 Å². The summed E-state index contributed by atoms with van der Waals surface area (Å²) in [6, 6.07) is 13.6. The molecule has 0 aliphatic carbocycles. The summed E-state index contributed by atoms with van der Waals surface area (Å²) >= 11 is 0. The van der Waals surface area contributed by atoms with Gasteiger partial charge in [0.2, 0.25) is 0 Å². The Morgan fingerprint density at radius 2 is 1.65 bits per heavy atom. The summed E-state index contributed by atoms with van der Waals surface area (Å²) in [4.78, 5) is 0. The van der Waals surface area contributed by atoms with Gasteiger partial charge in [0.1, 0.15) is 23.0 Å². The van der Waals surface area contributed by atoms with Crippen molar-refractivity contribution < 1.29 is 18.9 Å². The fraction of sp³-hybridized carbons (Fsp3) is 0.429. The molecule has 1 aliphatic rings. The summed E-state index contributed by atoms with van der Waals surface area (Å²) in [5.41, 5.74) is 1.23. The molecule has 5 heteroatoms. The molecule has 1 aliphatic heterocycles. The number of nitrogens with one attached hydrogen (secondary N) is 1. The van der Waals surface area contributed by atoms with Crippen LogP contribution in [0.2, 0.25) is 0 Å². The van der Waals surface area contributed by atoms with Gasteiger partial charge in [0.25, 0.3) is 0 Å². The van der Waals surface area contributed by atoms with Crippen molar-refractivity contribution in [2.24, 2.45) is 5.92 Å². The van der Waals surface area contributed by atoms with Gasteiger partial charge in [-0.25, -0.2) is 0 Å². The SMILES string of the molecule is COc1cc(OC)cc(Oc2ccc(CNCC3CCCOC3)cc2)c1. The van der Waals surface area contributed by atoms with E-state index in [2.05, 4.69) is 17.4 Å². The highest BCUT2D eigenvalue weighted by molar-refractivity contribution is 5.44. The zero-order valence-electron chi connectivity index (χ0n) is 15.5. The van der Waals surface area contributed by atoms with Crippen molar-refractivity contribution >= 4 is 0 Å². The molecule has 1 fully saturated rings. The maximum absolute atomic E-state index is 5.92. The molecule has 3 rings (SSSR count). The minimum absolute atomic E-state index is 0.634. The summed E-state index contributed by atoms with van der Waals surface area (Å²) in [5.74, 6) is 3.50. The molecule has 1 heterocycles. The Hall–Kier alpha value is -2.24. The zero-order chi connectivity index (χ0) is 18.2. The van der Waals surface area contributed by atoms with Gasteiger partial charge in [-0.3, -0.25) is 0 Å². The third-order valence-corrected chi connectivity index (χ3v) is 4.50. The monoisotopic (exact) mass is 357 g/mol. The molecule has 1 atom stereocenters. The number of hydrogen-bond donors (Lipinski definition) is 1. The van der Waals surface area contributed by atoms with Crippen molar-refractivity contribution in [1.82, 2.24) is 5.32 Å². The van der Waals surface area contributed by atoms with Gasteiger partial charge >= 0.3 is 0 Å². The molecule has 5 nitrogen and oxygen atoms in total. The van der Waals surface area contributed by atoms with Crippen molar-refractivity contribution in [3.05, 3.63) is 48.0 Å². The first-order valence-corrected chi connectivity index (χ1v) is 9.05. The third-order valence-electron chi connectivity index (χ3n) is 4.50. The van der Waals surface area contributed by atoms with E-state index in [1.165, 1.54) is 18.4 Å². The van der Waals surface area contributed by atoms with Crippen LogP contribution in [0.5, 0.6) is 23.0 Å². The van der Waals surface area contributed by atoms with E-state index in [0.29, 0.717) is 23.2 Å². The van der Waals surface area contributed by atoms with E-state index >= 15 is 0 Å². The van der Waals surface area contributed by atoms with E-state index in [1.54, 1.807) is 14.2 Å². The molecule has 0 amide bonds. The van der Waals surface area contributed by atoms with Gasteiger partial charge in [-0.05, 0) is 36.5 Å². The summed E-state index contributed by atoms with van der Waals surface area (Å²) in [6.45, 7) is 3.65. The van der Waals surface area contributed by atoms with Crippen LogP contribution in [0.4, 0.5) is 0 Å². The normalized spacial score (nSPS) is 16.9. The molecule has 1 saturated heterocycles. The lowest BCUT2D eigenvalue weighted by atomic mass is 10.0. The Morgan fingerprint density at radius 1 is 0.962 bits per heavy atom. The van der Waals surface area contributed by atoms with Crippen molar-refractivity contribution in [2.45, 2.75) is 19.4 Å². The maximum atomic E-state index is 5.92. The standard InChI is InChI=1S/C21H27NO4/c1-23-19-10-20(24-2)12-21(11-19)26-18-7-5-16(6-8-18)13-22-14-17-4-3-9-25-15-17/h5-8,10-12,17,22H,3-4,9,13-15H2,1-2H3. The summed E-state index contributed by atoms with van der Waals surface area (Å²) in [6.07, 6.45) is 2.43. The minimum Gasteiger partial charge on any atom is -0.496 e. The van der Waals surface area contributed by atoms with Gasteiger partial charge in [0, 0.05) is 37.9 Å². The van der Waals surface area contributed by atoms with Crippen LogP contribution < -0.4 is 19.5 Å². The van der Waals surface area contributed by atoms with Crippen LogP contribution in [0.25, 0.3) is 0 Å². The highest BCUT2D eigenvalue weighted by Gasteiger charge is 2.13. The Morgan fingerprint density at radius 3 is 2.27 bits per heavy atom. The lowest BCUT2D eigenvalue weighted by Gasteiger charge is -2.22. The molecule has 2 aromatic rings. The first kappa shape index (κ1) is 18.5. The molecule has 0 bridgehead atoms. The maximum Gasteiger partial charge on any atom is 0.134 e. The second-order valence-corrected chi connectivity index (χ2v) is 6.51. The van der Waals surface area contributed by atoms with E-state index in [-0.39, 0.29) is 0 Å². The number of methoxy groups -OCH3 is 2. The average Bonchev–Trinajstić information content (AvgIpc) is 2.70. The molecule has 0 spiro atoms. The van der Waals surface area contributed by atoms with E-state index in [9.17, 15) is 0 Å². The molecular weight excluding hydrogens is 330 g/mol. The molecule has 0 radical (unpaired) electrons. The Balaban J connectivity index is 1.52. The number of benzene rings is 2. The van der Waals surface area contributed by atoms with Gasteiger partial charge in [0.05, 0.1) is 20.8 Å². The molecule has 1 unspecified atom stereocenters. The lowest BCUT2D eigenvalue weighted by Crippen LogP contribution is -2.28. The van der Waals surface area contributed by atoms with Crippen molar-refractivity contribution in [1.29, 1.82) is 0 Å². The van der Waals surface area contributed by atoms with Gasteiger partial charge in [0.15, 0.2) is 0 Å². The first-order valence-electron chi connectivity index (χ1n) is 9.05. The molecule has 1 N–H and O–H groups in total. The Labute approximate surface area is 155 Å². The van der Waals surface area contributed by atoms with Gasteiger partial charge in [-0.2, -0.15) is 0 Å². The van der Waals surface area contributed by atoms with Crippen molar-refractivity contribution in [2.75, 3.05) is 34.0 Å². The van der Waals surface area contributed by atoms with Crippen LogP contribution in [0.15, 0.2) is 42.5 Å². The second kappa shape index (κ2) is 9.46. The fourth-order valence-corrected chi connectivity index (χ4v) is 3.04. The average molecular weight is 357 g/mol. The van der Waals surface area contributed by atoms with Crippen molar-refractivity contribution in [3.63, 3.8) is 0 Å². The third kappa shape index (κ3) is 5.38. The second-order valence-electron chi connectivity index (χ2n) is 6.51. The smallest absolute Gasteiger partial charge is 0.134 e. The summed E-state index contributed by atoms with van der Waals surface area (Å²) in [5, 5.41) is 3.52. The van der Waals surface area contributed by atoms with Gasteiger partial charge in [-0.1, -0.05) is 12.1 Å². The quantitative estimate of drug-likeness (QED) is 0.773. The predicted octanol–water partition coefficient (Wildman–Crippen LogP) is 4.01. The van der Waals surface area contributed by atoms with Gasteiger partial charge < -0.3 is 24.3 Å². The van der Waals surface area contributed by atoms with Crippen LogP contribution >= 0.6 is 0 Å². The number of ether oxygens (including phenoxy) is 4. The van der Waals surface area contributed by atoms with E-state index in [4.69, 9.17) is 18.9 Å². The predicted molar refractivity (Wildman–Crippen MR) is 101 cm³/mol. The van der Waals surface area contributed by atoms with E-state index < -0.39 is 0 Å². The minimum atomic E-state index is 0.634. The van der Waals surface area contributed by atoms with Crippen LogP contribution in [0, 0.1) is 5.92 Å². The van der Waals surface area contributed by atoms with Crippen LogP contribution in [-0.2, 0) is 11.3 Å². The molecule has 0 aromatic heterocycles. The Bertz CT molecular complexity index is 659. The first-order chi connectivity index (χ1) is 12.8. The molecule has 26 heavy (non-hydrogen) atoms. The number of hydrogen-bond acceptors (Lipinski definition) is 5. The number of rotatable bonds is 8. The van der Waals surface area contributed by atoms with Crippen LogP contribution in [-0.4, -0.2) is 34.0 Å². The molecule has 140 valence electrons. The molecular formula is C21H27NO4. The lowest BCUT2D eigenvalue weighted by molar-refractivity contribution is 0.0547. The largest absolute Gasteiger partial charge is 0.496 e. The van der Waals surface area contributed by atoms with Crippen LogP contribution in [0.3, 0.4) is 0 Å². The van der Waals surface area contributed by atoms with E-state index in [1.807, 2.05) is 30.3 Å². The zero-order valence-corrected chi connectivity index (χ0v) is 15.5.